The number of alkyl halides is 3. The molecule has 0 saturated carbocycles. The van der Waals surface area contributed by atoms with Crippen molar-refractivity contribution < 1.29 is 41.1 Å². The second kappa shape index (κ2) is 9.66. The summed E-state index contributed by atoms with van der Waals surface area (Å²) in [6.07, 6.45) is -4.27. The Morgan fingerprint density at radius 1 is 1.11 bits per heavy atom. The molecule has 1 aromatic rings. The summed E-state index contributed by atoms with van der Waals surface area (Å²) in [5.74, 6) is -4.95. The number of imide groups is 1. The predicted molar refractivity (Wildman–Crippen MR) is 114 cm³/mol. The fraction of sp³-hybridized carbons (Fsp3) is 0.565. The van der Waals surface area contributed by atoms with Crippen LogP contribution in [0.25, 0.3) is 0 Å². The minimum Gasteiger partial charge on any atom is -0.331 e. The van der Waals surface area contributed by atoms with Gasteiger partial charge in [-0.3, -0.25) is 19.7 Å². The Kier molecular flexibility index (Phi) is 6.93. The van der Waals surface area contributed by atoms with Crippen molar-refractivity contribution in [3.8, 4) is 0 Å². The number of hydrogen-bond donors (Lipinski definition) is 2. The van der Waals surface area contributed by atoms with Crippen LogP contribution in [-0.4, -0.2) is 71.9 Å². The summed E-state index contributed by atoms with van der Waals surface area (Å²) in [5.41, 5.74) is -1.01. The van der Waals surface area contributed by atoms with Crippen LogP contribution in [0.1, 0.15) is 43.6 Å². The molecule has 5 amide bonds. The normalized spacial score (nSPS) is 24.6. The molecule has 2 N–H and O–H groups in total. The predicted octanol–water partition coefficient (Wildman–Crippen LogP) is 2.44. The van der Waals surface area contributed by atoms with Crippen LogP contribution in [0, 0.1) is 17.0 Å². The van der Waals surface area contributed by atoms with Gasteiger partial charge in [0, 0.05) is 32.0 Å². The van der Waals surface area contributed by atoms with E-state index in [1.54, 1.807) is 0 Å². The maximum atomic E-state index is 14.4. The first-order valence-electron chi connectivity index (χ1n) is 11.6. The molecule has 4 rings (SSSR count). The monoisotopic (exact) mass is 516 g/mol. The van der Waals surface area contributed by atoms with Crippen molar-refractivity contribution in [1.82, 2.24) is 20.4 Å². The van der Waals surface area contributed by atoms with Crippen LogP contribution in [0.2, 0.25) is 0 Å². The molecule has 0 aliphatic carbocycles. The average molecular weight is 516 g/mol. The molecule has 0 unspecified atom stereocenters. The number of nitrogens with zero attached hydrogens (tertiary/aromatic N) is 2. The Morgan fingerprint density at radius 3 is 2.42 bits per heavy atom. The second-order valence-corrected chi connectivity index (χ2v) is 9.57. The fourth-order valence-electron chi connectivity index (χ4n) is 5.21. The van der Waals surface area contributed by atoms with E-state index in [0.717, 1.165) is 6.07 Å². The highest BCUT2D eigenvalue weighted by atomic mass is 19.4. The molecule has 0 radical (unpaired) electrons. The van der Waals surface area contributed by atoms with Crippen molar-refractivity contribution in [3.63, 3.8) is 0 Å². The van der Waals surface area contributed by atoms with Gasteiger partial charge in [-0.1, -0.05) is 12.1 Å². The number of urea groups is 1. The Labute approximate surface area is 203 Å². The molecule has 13 heteroatoms. The average Bonchev–Trinajstić information content (AvgIpc) is 2.98. The van der Waals surface area contributed by atoms with Gasteiger partial charge < -0.3 is 15.1 Å². The van der Waals surface area contributed by atoms with Crippen LogP contribution in [0.15, 0.2) is 18.2 Å². The van der Waals surface area contributed by atoms with Gasteiger partial charge in [-0.05, 0) is 37.3 Å². The quantitative estimate of drug-likeness (QED) is 0.476. The zero-order chi connectivity index (χ0) is 26.3. The highest BCUT2D eigenvalue weighted by Crippen LogP contribution is 2.38. The highest BCUT2D eigenvalue weighted by Gasteiger charge is 2.49. The maximum Gasteiger partial charge on any atom is 0.406 e. The van der Waals surface area contributed by atoms with Crippen LogP contribution in [0.4, 0.5) is 26.7 Å². The number of rotatable bonds is 3. The molecule has 3 aliphatic rings. The molecule has 0 aromatic heterocycles. The number of carbonyl (C=O) groups excluding carboxylic acids is 4. The van der Waals surface area contributed by atoms with Gasteiger partial charge in [0.05, 0.1) is 5.41 Å². The summed E-state index contributed by atoms with van der Waals surface area (Å²) in [6.45, 7) is -1.84. The van der Waals surface area contributed by atoms with Crippen LogP contribution in [0.5, 0.6) is 0 Å². The number of benzene rings is 1. The topological polar surface area (TPSA) is 98.8 Å². The van der Waals surface area contributed by atoms with Crippen molar-refractivity contribution in [2.24, 2.45) is 5.41 Å². The molecule has 1 spiro atoms. The third-order valence-electron chi connectivity index (χ3n) is 7.18. The third-order valence-corrected chi connectivity index (χ3v) is 7.18. The molecule has 3 saturated heterocycles. The molecule has 0 bridgehead atoms. The van der Waals surface area contributed by atoms with Gasteiger partial charge in [0.2, 0.25) is 17.7 Å². The summed E-state index contributed by atoms with van der Waals surface area (Å²) >= 11 is 0. The first-order valence-corrected chi connectivity index (χ1v) is 11.6. The lowest BCUT2D eigenvalue weighted by Gasteiger charge is -2.37. The van der Waals surface area contributed by atoms with Gasteiger partial charge in [-0.25, -0.2) is 13.6 Å². The van der Waals surface area contributed by atoms with Gasteiger partial charge in [-0.2, -0.15) is 13.2 Å². The number of likely N-dealkylation sites (tertiary alicyclic amines) is 2. The van der Waals surface area contributed by atoms with Crippen LogP contribution >= 0.6 is 0 Å². The van der Waals surface area contributed by atoms with Gasteiger partial charge in [0.15, 0.2) is 11.6 Å². The van der Waals surface area contributed by atoms with Gasteiger partial charge >= 0.3 is 12.2 Å². The Morgan fingerprint density at radius 2 is 1.81 bits per heavy atom. The van der Waals surface area contributed by atoms with E-state index in [2.05, 4.69) is 10.6 Å². The van der Waals surface area contributed by atoms with E-state index in [1.165, 1.54) is 17.0 Å². The molecule has 3 fully saturated rings. The SMILES string of the molecule is O=C1CC2(CCN(C(=O)N[C@@H]3CC[C@@H](c4cccc(F)c4F)CN(CC(F)(F)F)C3=O)CC2)C(=O)N1. The highest BCUT2D eigenvalue weighted by molar-refractivity contribution is 6.06. The van der Waals surface area contributed by atoms with Crippen molar-refractivity contribution in [2.75, 3.05) is 26.2 Å². The number of hydrogen-bond acceptors (Lipinski definition) is 4. The third kappa shape index (κ3) is 5.29. The molecular formula is C23H25F5N4O4. The van der Waals surface area contributed by atoms with E-state index in [4.69, 9.17) is 0 Å². The molecule has 3 aliphatic heterocycles. The van der Waals surface area contributed by atoms with E-state index in [9.17, 15) is 41.1 Å². The Balaban J connectivity index is 1.47. The molecule has 8 nitrogen and oxygen atoms in total. The summed E-state index contributed by atoms with van der Waals surface area (Å²) in [4.78, 5) is 51.4. The lowest BCUT2D eigenvalue weighted by atomic mass is 9.77. The summed E-state index contributed by atoms with van der Waals surface area (Å²) in [7, 11) is 0. The number of nitrogens with one attached hydrogen (secondary N) is 2. The standard InChI is InChI=1S/C23H25F5N4O4/c24-15-3-1-2-14(18(15)25)13-4-5-16(19(34)32(11-13)12-23(26,27)28)29-21(36)31-8-6-22(7-9-31)10-17(33)30-20(22)35/h1-3,13,16H,4-12H2,(H,29,36)(H,30,33,35)/t13-,16-/m1/s1. The van der Waals surface area contributed by atoms with Crippen molar-refractivity contribution >= 4 is 23.8 Å². The first-order chi connectivity index (χ1) is 16.9. The minimum atomic E-state index is -4.74. The van der Waals surface area contributed by atoms with E-state index in [0.29, 0.717) is 4.90 Å². The van der Waals surface area contributed by atoms with E-state index in [-0.39, 0.29) is 62.6 Å². The maximum absolute atomic E-state index is 14.4. The van der Waals surface area contributed by atoms with E-state index < -0.39 is 60.2 Å². The van der Waals surface area contributed by atoms with E-state index >= 15 is 0 Å². The van der Waals surface area contributed by atoms with Gasteiger partial charge in [0.1, 0.15) is 12.6 Å². The lowest BCUT2D eigenvalue weighted by Crippen LogP contribution is -2.55. The molecule has 1 aromatic carbocycles. The Bertz CT molecular complexity index is 1070. The fourth-order valence-corrected chi connectivity index (χ4v) is 5.21. The number of piperidine rings is 1. The summed E-state index contributed by atoms with van der Waals surface area (Å²) < 4.78 is 67.8. The largest absolute Gasteiger partial charge is 0.406 e. The minimum absolute atomic E-state index is 0.0346. The summed E-state index contributed by atoms with van der Waals surface area (Å²) in [5, 5.41) is 4.74. The smallest absolute Gasteiger partial charge is 0.331 e. The van der Waals surface area contributed by atoms with E-state index in [1.807, 2.05) is 0 Å². The van der Waals surface area contributed by atoms with Gasteiger partial charge in [-0.15, -0.1) is 0 Å². The van der Waals surface area contributed by atoms with Crippen molar-refractivity contribution in [2.45, 2.75) is 50.2 Å². The zero-order valence-corrected chi connectivity index (χ0v) is 19.2. The van der Waals surface area contributed by atoms with Crippen LogP contribution in [0.3, 0.4) is 0 Å². The second-order valence-electron chi connectivity index (χ2n) is 9.57. The number of halogens is 5. The number of amides is 5. The van der Waals surface area contributed by atoms with Crippen LogP contribution in [-0.2, 0) is 14.4 Å². The summed E-state index contributed by atoms with van der Waals surface area (Å²) in [6, 6.07) is 1.43. The molecule has 3 heterocycles. The van der Waals surface area contributed by atoms with Crippen molar-refractivity contribution in [3.05, 3.63) is 35.4 Å². The molecule has 36 heavy (non-hydrogen) atoms. The Hall–Kier alpha value is -3.25. The molecule has 196 valence electrons. The van der Waals surface area contributed by atoms with Crippen LogP contribution < -0.4 is 10.6 Å². The zero-order valence-electron chi connectivity index (χ0n) is 19.2. The van der Waals surface area contributed by atoms with Crippen molar-refractivity contribution in [1.29, 1.82) is 0 Å². The molecular weight excluding hydrogens is 491 g/mol. The lowest BCUT2D eigenvalue weighted by molar-refractivity contribution is -0.162. The van der Waals surface area contributed by atoms with Gasteiger partial charge in [0.25, 0.3) is 0 Å². The number of carbonyl (C=O) groups is 4. The first kappa shape index (κ1) is 25.8. The molecule has 2 atom stereocenters.